The fourth-order valence-corrected chi connectivity index (χ4v) is 3.26. The molecule has 3 nitrogen and oxygen atoms in total. The van der Waals surface area contributed by atoms with Gasteiger partial charge in [-0.15, -0.1) is 0 Å². The van der Waals surface area contributed by atoms with Crippen LogP contribution in [0.1, 0.15) is 40.0 Å². The van der Waals surface area contributed by atoms with Gasteiger partial charge in [-0.3, -0.25) is 4.79 Å². The van der Waals surface area contributed by atoms with Crippen molar-refractivity contribution < 1.29 is 9.53 Å². The molecule has 0 bridgehead atoms. The van der Waals surface area contributed by atoms with Crippen molar-refractivity contribution in [3.05, 3.63) is 12.2 Å². The largest absolute Gasteiger partial charge is 0.460 e. The molecular formula is C14H23NO2. The van der Waals surface area contributed by atoms with Crippen LogP contribution >= 0.6 is 0 Å². The van der Waals surface area contributed by atoms with Crippen molar-refractivity contribution in [1.82, 2.24) is 0 Å². The molecule has 0 radical (unpaired) electrons. The van der Waals surface area contributed by atoms with E-state index in [1.807, 2.05) is 20.8 Å². The van der Waals surface area contributed by atoms with E-state index in [9.17, 15) is 4.79 Å². The first kappa shape index (κ1) is 12.6. The van der Waals surface area contributed by atoms with Gasteiger partial charge in [0.2, 0.25) is 0 Å². The van der Waals surface area contributed by atoms with Gasteiger partial charge in [-0.25, -0.2) is 0 Å². The number of nitrogens with two attached hydrogens (primary N) is 1. The van der Waals surface area contributed by atoms with E-state index in [0.717, 1.165) is 18.8 Å². The minimum atomic E-state index is -0.401. The number of carbonyl (C=O) groups excluding carboxylic acids is 1. The molecule has 17 heavy (non-hydrogen) atoms. The van der Waals surface area contributed by atoms with Crippen LogP contribution in [0.5, 0.6) is 0 Å². The number of rotatable bonds is 3. The van der Waals surface area contributed by atoms with Crippen LogP contribution in [0.3, 0.4) is 0 Å². The highest BCUT2D eigenvalue weighted by Crippen LogP contribution is 2.57. The second-order valence-electron chi connectivity index (χ2n) is 6.48. The number of hydrogen-bond donors (Lipinski definition) is 1. The van der Waals surface area contributed by atoms with Crippen molar-refractivity contribution in [2.75, 3.05) is 6.54 Å². The summed E-state index contributed by atoms with van der Waals surface area (Å²) in [6, 6.07) is 0. The van der Waals surface area contributed by atoms with E-state index < -0.39 is 5.60 Å². The summed E-state index contributed by atoms with van der Waals surface area (Å²) >= 11 is 0. The van der Waals surface area contributed by atoms with Gasteiger partial charge in [-0.1, -0.05) is 12.2 Å². The monoisotopic (exact) mass is 237 g/mol. The molecule has 1 fully saturated rings. The highest BCUT2D eigenvalue weighted by Gasteiger charge is 2.53. The first-order chi connectivity index (χ1) is 7.86. The molecule has 0 saturated heterocycles. The van der Waals surface area contributed by atoms with Crippen molar-refractivity contribution in [2.45, 2.75) is 45.6 Å². The standard InChI is InChI=1S/C14H23NO2/c1-13(2,3)17-12(16)8-14(9-15)7-10-5-4-6-11(10)14/h4,6,10-11H,5,7-9,15H2,1-3H3. The second-order valence-corrected chi connectivity index (χ2v) is 6.48. The molecule has 0 aromatic heterocycles. The highest BCUT2D eigenvalue weighted by atomic mass is 16.6. The van der Waals surface area contributed by atoms with Gasteiger partial charge in [0, 0.05) is 0 Å². The second kappa shape index (κ2) is 4.13. The fourth-order valence-electron chi connectivity index (χ4n) is 3.26. The third kappa shape index (κ3) is 2.39. The van der Waals surface area contributed by atoms with Crippen molar-refractivity contribution >= 4 is 5.97 Å². The van der Waals surface area contributed by atoms with Crippen molar-refractivity contribution in [3.63, 3.8) is 0 Å². The van der Waals surface area contributed by atoms with E-state index in [1.54, 1.807) is 0 Å². The van der Waals surface area contributed by atoms with E-state index in [2.05, 4.69) is 12.2 Å². The first-order valence-corrected chi connectivity index (χ1v) is 6.45. The quantitative estimate of drug-likeness (QED) is 0.605. The van der Waals surface area contributed by atoms with E-state index in [4.69, 9.17) is 10.5 Å². The van der Waals surface area contributed by atoms with Crippen molar-refractivity contribution in [3.8, 4) is 0 Å². The zero-order chi connectivity index (χ0) is 12.7. The summed E-state index contributed by atoms with van der Waals surface area (Å²) in [6.45, 7) is 6.29. The highest BCUT2D eigenvalue weighted by molar-refractivity contribution is 5.71. The Hall–Kier alpha value is -0.830. The SMILES string of the molecule is CC(C)(C)OC(=O)CC1(CN)CC2CC=CC21. The Morgan fingerprint density at radius 1 is 1.53 bits per heavy atom. The maximum Gasteiger partial charge on any atom is 0.306 e. The molecule has 2 N–H and O–H groups in total. The lowest BCUT2D eigenvalue weighted by Gasteiger charge is -2.51. The molecule has 3 unspecified atom stereocenters. The number of ether oxygens (including phenoxy) is 1. The Labute approximate surface area is 103 Å². The van der Waals surface area contributed by atoms with Crippen LogP contribution in [0, 0.1) is 17.3 Å². The van der Waals surface area contributed by atoms with Crippen LogP contribution in [0.2, 0.25) is 0 Å². The molecule has 0 spiro atoms. The van der Waals surface area contributed by atoms with Gasteiger partial charge in [0.05, 0.1) is 6.42 Å². The Bertz CT molecular complexity index is 343. The number of esters is 1. The fraction of sp³-hybridized carbons (Fsp3) is 0.786. The van der Waals surface area contributed by atoms with Crippen LogP contribution in [0.25, 0.3) is 0 Å². The van der Waals surface area contributed by atoms with E-state index in [-0.39, 0.29) is 11.4 Å². The van der Waals surface area contributed by atoms with Gasteiger partial charge >= 0.3 is 5.97 Å². The predicted octanol–water partition coefficient (Wildman–Crippen LogP) is 2.26. The van der Waals surface area contributed by atoms with Gasteiger partial charge in [0.15, 0.2) is 0 Å². The molecule has 3 heteroatoms. The maximum absolute atomic E-state index is 11.9. The molecule has 1 saturated carbocycles. The summed E-state index contributed by atoms with van der Waals surface area (Å²) in [6.07, 6.45) is 7.15. The minimum Gasteiger partial charge on any atom is -0.460 e. The summed E-state index contributed by atoms with van der Waals surface area (Å²) in [7, 11) is 0. The minimum absolute atomic E-state index is 0.0278. The lowest BCUT2D eigenvalue weighted by Crippen LogP contribution is -2.51. The van der Waals surface area contributed by atoms with E-state index in [1.165, 1.54) is 0 Å². The third-order valence-corrected chi connectivity index (χ3v) is 3.99. The summed E-state index contributed by atoms with van der Waals surface area (Å²) in [5, 5.41) is 0. The lowest BCUT2D eigenvalue weighted by molar-refractivity contribution is -0.162. The molecule has 3 atom stereocenters. The van der Waals surface area contributed by atoms with Crippen LogP contribution in [-0.4, -0.2) is 18.1 Å². The van der Waals surface area contributed by atoms with E-state index in [0.29, 0.717) is 18.9 Å². The molecular weight excluding hydrogens is 214 g/mol. The first-order valence-electron chi connectivity index (χ1n) is 6.45. The predicted molar refractivity (Wildman–Crippen MR) is 67.3 cm³/mol. The number of hydrogen-bond acceptors (Lipinski definition) is 3. The normalized spacial score (nSPS) is 35.3. The summed E-state index contributed by atoms with van der Waals surface area (Å²) < 4.78 is 5.40. The number of allylic oxidation sites excluding steroid dienone is 2. The molecule has 0 amide bonds. The van der Waals surface area contributed by atoms with E-state index >= 15 is 0 Å². The van der Waals surface area contributed by atoms with Crippen LogP contribution in [0.15, 0.2) is 12.2 Å². The molecule has 2 rings (SSSR count). The topological polar surface area (TPSA) is 52.3 Å². The molecule has 0 heterocycles. The number of carbonyl (C=O) groups is 1. The van der Waals surface area contributed by atoms with Crippen LogP contribution in [0.4, 0.5) is 0 Å². The molecule has 2 aliphatic carbocycles. The Balaban J connectivity index is 1.97. The number of fused-ring (bicyclic) bond motifs is 1. The van der Waals surface area contributed by atoms with Crippen LogP contribution in [-0.2, 0) is 9.53 Å². The van der Waals surface area contributed by atoms with Crippen LogP contribution < -0.4 is 5.73 Å². The van der Waals surface area contributed by atoms with Crippen molar-refractivity contribution in [2.24, 2.45) is 23.0 Å². The van der Waals surface area contributed by atoms with Gasteiger partial charge in [-0.05, 0) is 57.4 Å². The van der Waals surface area contributed by atoms with Gasteiger partial charge in [-0.2, -0.15) is 0 Å². The smallest absolute Gasteiger partial charge is 0.306 e. The summed E-state index contributed by atoms with van der Waals surface area (Å²) in [5.41, 5.74) is 5.47. The van der Waals surface area contributed by atoms with Gasteiger partial charge in [0.1, 0.15) is 5.60 Å². The lowest BCUT2D eigenvalue weighted by atomic mass is 9.53. The maximum atomic E-state index is 11.9. The molecule has 0 aromatic rings. The molecule has 2 aliphatic rings. The Kier molecular flexibility index (Phi) is 3.06. The summed E-state index contributed by atoms with van der Waals surface area (Å²) in [5.74, 6) is 1.11. The summed E-state index contributed by atoms with van der Waals surface area (Å²) in [4.78, 5) is 11.9. The Morgan fingerprint density at radius 3 is 2.76 bits per heavy atom. The molecule has 96 valence electrons. The molecule has 0 aliphatic heterocycles. The Morgan fingerprint density at radius 2 is 2.24 bits per heavy atom. The average Bonchev–Trinajstić information content (AvgIpc) is 2.54. The zero-order valence-corrected chi connectivity index (χ0v) is 11.0. The van der Waals surface area contributed by atoms with Gasteiger partial charge < -0.3 is 10.5 Å². The van der Waals surface area contributed by atoms with Gasteiger partial charge in [0.25, 0.3) is 0 Å². The zero-order valence-electron chi connectivity index (χ0n) is 11.0. The average molecular weight is 237 g/mol. The molecule has 0 aromatic carbocycles. The van der Waals surface area contributed by atoms with Crippen molar-refractivity contribution in [1.29, 1.82) is 0 Å². The third-order valence-electron chi connectivity index (χ3n) is 3.99.